The first-order valence-corrected chi connectivity index (χ1v) is 9.66. The normalized spacial score (nSPS) is 17.1. The molecular weight excluding hydrogens is 348 g/mol. The Balaban J connectivity index is 1.57. The predicted molar refractivity (Wildman–Crippen MR) is 104 cm³/mol. The van der Waals surface area contributed by atoms with Gasteiger partial charge >= 0.3 is 5.76 Å². The molecule has 1 atom stereocenters. The lowest BCUT2D eigenvalue weighted by molar-refractivity contribution is -0.118. The molecule has 3 aromatic rings. The maximum absolute atomic E-state index is 12.9. The highest BCUT2D eigenvalue weighted by Crippen LogP contribution is 2.37. The minimum absolute atomic E-state index is 0.0318. The van der Waals surface area contributed by atoms with Crippen molar-refractivity contribution in [1.29, 1.82) is 0 Å². The van der Waals surface area contributed by atoms with E-state index in [0.29, 0.717) is 23.9 Å². The van der Waals surface area contributed by atoms with Crippen molar-refractivity contribution in [3.8, 4) is 0 Å². The van der Waals surface area contributed by atoms with Crippen LogP contribution in [-0.2, 0) is 11.3 Å². The molecule has 134 valence electrons. The number of amides is 1. The number of oxazole rings is 1. The van der Waals surface area contributed by atoms with Crippen LogP contribution in [0, 0.1) is 0 Å². The van der Waals surface area contributed by atoms with E-state index in [0.717, 1.165) is 22.5 Å². The number of hydrogen-bond acceptors (Lipinski definition) is 4. The molecule has 0 fully saturated rings. The van der Waals surface area contributed by atoms with Crippen molar-refractivity contribution >= 4 is 34.5 Å². The SMILES string of the molecule is C[C@@H]1CCN(C(=O)CCn2c(=O)oc3ccccc32)c2ccccc2S1. The number of para-hydroxylation sites is 3. The van der Waals surface area contributed by atoms with Crippen LogP contribution in [0.5, 0.6) is 0 Å². The molecule has 0 saturated carbocycles. The molecule has 2 heterocycles. The molecule has 0 saturated heterocycles. The summed E-state index contributed by atoms with van der Waals surface area (Å²) in [6, 6.07) is 15.3. The van der Waals surface area contributed by atoms with Gasteiger partial charge in [0.25, 0.3) is 0 Å². The van der Waals surface area contributed by atoms with Crippen LogP contribution in [0.3, 0.4) is 0 Å². The van der Waals surface area contributed by atoms with Gasteiger partial charge in [0, 0.05) is 29.7 Å². The van der Waals surface area contributed by atoms with Crippen LogP contribution in [0.25, 0.3) is 11.1 Å². The Bertz CT molecular complexity index is 1010. The van der Waals surface area contributed by atoms with Crippen molar-refractivity contribution in [3.63, 3.8) is 0 Å². The van der Waals surface area contributed by atoms with Crippen molar-refractivity contribution in [2.75, 3.05) is 11.4 Å². The Hall–Kier alpha value is -2.47. The third kappa shape index (κ3) is 3.17. The van der Waals surface area contributed by atoms with Crippen LogP contribution < -0.4 is 10.7 Å². The number of carbonyl (C=O) groups is 1. The van der Waals surface area contributed by atoms with Gasteiger partial charge in [-0.2, -0.15) is 0 Å². The largest absolute Gasteiger partial charge is 0.419 e. The van der Waals surface area contributed by atoms with Gasteiger partial charge in [-0.05, 0) is 30.7 Å². The summed E-state index contributed by atoms with van der Waals surface area (Å²) in [6.07, 6.45) is 1.20. The molecule has 0 spiro atoms. The summed E-state index contributed by atoms with van der Waals surface area (Å²) in [5.74, 6) is -0.385. The number of aryl methyl sites for hydroxylation is 1. The number of benzene rings is 2. The Labute approximate surface area is 155 Å². The summed E-state index contributed by atoms with van der Waals surface area (Å²) in [4.78, 5) is 28.0. The summed E-state index contributed by atoms with van der Waals surface area (Å²) in [7, 11) is 0. The number of thioether (sulfide) groups is 1. The highest BCUT2D eigenvalue weighted by Gasteiger charge is 2.24. The Kier molecular flexibility index (Phi) is 4.59. The van der Waals surface area contributed by atoms with Gasteiger partial charge in [0.1, 0.15) is 0 Å². The number of carbonyl (C=O) groups excluding carboxylic acids is 1. The van der Waals surface area contributed by atoms with Crippen LogP contribution in [-0.4, -0.2) is 22.3 Å². The molecule has 2 aromatic carbocycles. The van der Waals surface area contributed by atoms with Crippen LogP contribution in [0.15, 0.2) is 62.6 Å². The molecule has 1 amide bonds. The fourth-order valence-corrected chi connectivity index (χ4v) is 4.43. The maximum atomic E-state index is 12.9. The Morgan fingerprint density at radius 3 is 2.85 bits per heavy atom. The van der Waals surface area contributed by atoms with Crippen LogP contribution >= 0.6 is 11.8 Å². The quantitative estimate of drug-likeness (QED) is 0.703. The zero-order valence-electron chi connectivity index (χ0n) is 14.6. The first-order valence-electron chi connectivity index (χ1n) is 8.78. The van der Waals surface area contributed by atoms with E-state index in [1.807, 2.05) is 53.1 Å². The molecule has 1 aliphatic heterocycles. The molecule has 0 aliphatic carbocycles. The van der Waals surface area contributed by atoms with Crippen molar-refractivity contribution in [1.82, 2.24) is 4.57 Å². The lowest BCUT2D eigenvalue weighted by Gasteiger charge is -2.22. The summed E-state index contributed by atoms with van der Waals surface area (Å²) in [6.45, 7) is 3.20. The molecular formula is C20H20N2O3S. The molecule has 0 N–H and O–H groups in total. The number of hydrogen-bond donors (Lipinski definition) is 0. The number of fused-ring (bicyclic) bond motifs is 2. The van der Waals surface area contributed by atoms with Crippen LogP contribution in [0.4, 0.5) is 5.69 Å². The van der Waals surface area contributed by atoms with Gasteiger partial charge in [-0.15, -0.1) is 11.8 Å². The zero-order valence-corrected chi connectivity index (χ0v) is 15.4. The van der Waals surface area contributed by atoms with Gasteiger partial charge in [0.05, 0.1) is 11.2 Å². The number of anilines is 1. The molecule has 6 heteroatoms. The summed E-state index contributed by atoms with van der Waals surface area (Å²) >= 11 is 1.81. The molecule has 0 radical (unpaired) electrons. The van der Waals surface area contributed by atoms with Gasteiger partial charge in [-0.25, -0.2) is 4.79 Å². The first-order chi connectivity index (χ1) is 12.6. The molecule has 4 rings (SSSR count). The first kappa shape index (κ1) is 17.0. The van der Waals surface area contributed by atoms with Crippen LogP contribution in [0.1, 0.15) is 19.8 Å². The average Bonchev–Trinajstić information content (AvgIpc) is 2.85. The van der Waals surface area contributed by atoms with Crippen molar-refractivity contribution in [2.45, 2.75) is 36.5 Å². The van der Waals surface area contributed by atoms with E-state index in [1.54, 1.807) is 6.07 Å². The summed E-state index contributed by atoms with van der Waals surface area (Å²) in [5.41, 5.74) is 2.25. The maximum Gasteiger partial charge on any atom is 0.419 e. The highest BCUT2D eigenvalue weighted by atomic mass is 32.2. The second-order valence-electron chi connectivity index (χ2n) is 6.47. The van der Waals surface area contributed by atoms with E-state index in [4.69, 9.17) is 4.42 Å². The van der Waals surface area contributed by atoms with Gasteiger partial charge < -0.3 is 9.32 Å². The van der Waals surface area contributed by atoms with E-state index in [2.05, 4.69) is 13.0 Å². The van der Waals surface area contributed by atoms with Gasteiger partial charge in [0.15, 0.2) is 5.58 Å². The third-order valence-electron chi connectivity index (χ3n) is 4.67. The standard InChI is InChI=1S/C20H20N2O3S/c1-14-10-12-21(16-7-3-5-9-18(16)26-14)19(23)11-13-22-15-6-2-4-8-17(15)25-20(22)24/h2-9,14H,10-13H2,1H3/t14-/m1/s1. The molecule has 26 heavy (non-hydrogen) atoms. The third-order valence-corrected chi connectivity index (χ3v) is 5.90. The smallest absolute Gasteiger partial charge is 0.408 e. The van der Waals surface area contributed by atoms with Crippen molar-refractivity contribution in [2.24, 2.45) is 0 Å². The topological polar surface area (TPSA) is 55.5 Å². The Morgan fingerprint density at radius 2 is 1.96 bits per heavy atom. The zero-order chi connectivity index (χ0) is 18.1. The second kappa shape index (κ2) is 7.03. The number of nitrogens with zero attached hydrogens (tertiary/aromatic N) is 2. The summed E-state index contributed by atoms with van der Waals surface area (Å²) in [5, 5.41) is 0.467. The second-order valence-corrected chi connectivity index (χ2v) is 7.95. The van der Waals surface area contributed by atoms with E-state index in [-0.39, 0.29) is 12.3 Å². The predicted octanol–water partition coefficient (Wildman–Crippen LogP) is 3.90. The summed E-state index contributed by atoms with van der Waals surface area (Å²) < 4.78 is 6.78. The molecule has 0 bridgehead atoms. The van der Waals surface area contributed by atoms with E-state index >= 15 is 0 Å². The van der Waals surface area contributed by atoms with Gasteiger partial charge in [-0.3, -0.25) is 9.36 Å². The van der Waals surface area contributed by atoms with Gasteiger partial charge in [0.2, 0.25) is 5.91 Å². The minimum atomic E-state index is -0.417. The van der Waals surface area contributed by atoms with Gasteiger partial charge in [-0.1, -0.05) is 31.2 Å². The van der Waals surface area contributed by atoms with E-state index in [1.165, 1.54) is 4.57 Å². The number of aromatic nitrogens is 1. The fraction of sp³-hybridized carbons (Fsp3) is 0.300. The van der Waals surface area contributed by atoms with Crippen molar-refractivity contribution in [3.05, 3.63) is 59.1 Å². The monoisotopic (exact) mass is 368 g/mol. The fourth-order valence-electron chi connectivity index (χ4n) is 3.31. The highest BCUT2D eigenvalue weighted by molar-refractivity contribution is 8.00. The molecule has 0 unspecified atom stereocenters. The lowest BCUT2D eigenvalue weighted by Crippen LogP contribution is -2.33. The number of rotatable bonds is 3. The van der Waals surface area contributed by atoms with Crippen molar-refractivity contribution < 1.29 is 9.21 Å². The minimum Gasteiger partial charge on any atom is -0.408 e. The Morgan fingerprint density at radius 1 is 1.19 bits per heavy atom. The lowest BCUT2D eigenvalue weighted by atomic mass is 10.2. The average molecular weight is 368 g/mol. The molecule has 1 aromatic heterocycles. The van der Waals surface area contributed by atoms with E-state index in [9.17, 15) is 9.59 Å². The molecule has 5 nitrogen and oxygen atoms in total. The molecule has 1 aliphatic rings. The van der Waals surface area contributed by atoms with Crippen LogP contribution in [0.2, 0.25) is 0 Å². The van der Waals surface area contributed by atoms with E-state index < -0.39 is 5.76 Å².